The van der Waals surface area contributed by atoms with Crippen LogP contribution in [0.15, 0.2) is 36.7 Å². The number of benzene rings is 1. The Morgan fingerprint density at radius 1 is 1.17 bits per heavy atom. The highest BCUT2D eigenvalue weighted by molar-refractivity contribution is 5.67. The normalized spacial score (nSPS) is 11.0. The van der Waals surface area contributed by atoms with E-state index in [1.54, 1.807) is 20.8 Å². The smallest absolute Gasteiger partial charge is 0.407 e. The summed E-state index contributed by atoms with van der Waals surface area (Å²) in [5.74, 6) is 0.393. The van der Waals surface area contributed by atoms with Gasteiger partial charge in [-0.2, -0.15) is 0 Å². The third kappa shape index (κ3) is 5.90. The van der Waals surface area contributed by atoms with Gasteiger partial charge in [0.15, 0.2) is 0 Å². The van der Waals surface area contributed by atoms with E-state index < -0.39 is 11.7 Å². The third-order valence-electron chi connectivity index (χ3n) is 2.53. The van der Waals surface area contributed by atoms with Crippen LogP contribution >= 0.6 is 0 Å². The van der Waals surface area contributed by atoms with Crippen molar-refractivity contribution in [1.82, 2.24) is 15.3 Å². The molecular weight excluding hydrogens is 301 g/mol. The van der Waals surface area contributed by atoms with Gasteiger partial charge in [-0.15, -0.1) is 0 Å². The van der Waals surface area contributed by atoms with Crippen LogP contribution in [0.25, 0.3) is 0 Å². The summed E-state index contributed by atoms with van der Waals surface area (Å²) in [6.07, 6.45) is 2.39. The van der Waals surface area contributed by atoms with Gasteiger partial charge in [-0.25, -0.2) is 14.2 Å². The molecule has 6 nitrogen and oxygen atoms in total. The first-order chi connectivity index (χ1) is 10.8. The zero-order chi connectivity index (χ0) is 16.9. The lowest BCUT2D eigenvalue weighted by molar-refractivity contribution is 0.0523. The Labute approximate surface area is 133 Å². The molecule has 1 aromatic carbocycles. The van der Waals surface area contributed by atoms with Crippen LogP contribution in [0.4, 0.5) is 9.18 Å². The zero-order valence-electron chi connectivity index (χ0n) is 13.2. The van der Waals surface area contributed by atoms with E-state index in [1.165, 1.54) is 36.7 Å². The predicted octanol–water partition coefficient (Wildman–Crippen LogP) is 3.43. The first-order valence-corrected chi connectivity index (χ1v) is 7.03. The molecule has 0 saturated heterocycles. The molecule has 0 aliphatic carbocycles. The molecule has 122 valence electrons. The van der Waals surface area contributed by atoms with E-state index in [0.717, 1.165) is 0 Å². The molecule has 1 N–H and O–H groups in total. The minimum atomic E-state index is -0.553. The summed E-state index contributed by atoms with van der Waals surface area (Å²) in [5, 5.41) is 2.58. The van der Waals surface area contributed by atoms with E-state index in [2.05, 4.69) is 15.3 Å². The van der Waals surface area contributed by atoms with Crippen molar-refractivity contribution in [2.75, 3.05) is 0 Å². The van der Waals surface area contributed by atoms with Gasteiger partial charge in [0.1, 0.15) is 17.2 Å². The second-order valence-corrected chi connectivity index (χ2v) is 5.76. The number of halogens is 1. The fraction of sp³-hybridized carbons (Fsp3) is 0.312. The lowest BCUT2D eigenvalue weighted by Crippen LogP contribution is -2.32. The highest BCUT2D eigenvalue weighted by Crippen LogP contribution is 2.18. The van der Waals surface area contributed by atoms with Crippen molar-refractivity contribution in [1.29, 1.82) is 0 Å². The maximum absolute atomic E-state index is 12.8. The quantitative estimate of drug-likeness (QED) is 0.934. The van der Waals surface area contributed by atoms with E-state index >= 15 is 0 Å². The molecule has 1 heterocycles. The fourth-order valence-corrected chi connectivity index (χ4v) is 1.59. The highest BCUT2D eigenvalue weighted by Gasteiger charge is 2.15. The van der Waals surface area contributed by atoms with E-state index in [9.17, 15) is 9.18 Å². The van der Waals surface area contributed by atoms with Gasteiger partial charge in [-0.1, -0.05) is 0 Å². The van der Waals surface area contributed by atoms with Gasteiger partial charge in [-0.3, -0.25) is 4.98 Å². The SMILES string of the molecule is CC(C)(C)OC(=O)NCc1cnc(Oc2ccc(F)cc2)cn1. The molecule has 0 fully saturated rings. The number of rotatable bonds is 4. The van der Waals surface area contributed by atoms with Gasteiger partial charge < -0.3 is 14.8 Å². The molecule has 2 aromatic rings. The van der Waals surface area contributed by atoms with Crippen molar-refractivity contribution in [3.05, 3.63) is 48.2 Å². The Morgan fingerprint density at radius 3 is 2.43 bits per heavy atom. The summed E-state index contributed by atoms with van der Waals surface area (Å²) in [6.45, 7) is 5.55. The van der Waals surface area contributed by atoms with Gasteiger partial charge in [0.05, 0.1) is 24.6 Å². The predicted molar refractivity (Wildman–Crippen MR) is 81.6 cm³/mol. The van der Waals surface area contributed by atoms with Crippen molar-refractivity contribution >= 4 is 6.09 Å². The van der Waals surface area contributed by atoms with E-state index in [1.807, 2.05) is 0 Å². The summed E-state index contributed by atoms with van der Waals surface area (Å²) < 4.78 is 23.3. The van der Waals surface area contributed by atoms with Gasteiger partial charge in [0.2, 0.25) is 5.88 Å². The number of carbonyl (C=O) groups excluding carboxylic acids is 1. The standard InChI is InChI=1S/C16H18FN3O3/c1-16(2,3)23-15(21)20-9-12-8-19-14(10-18-12)22-13-6-4-11(17)5-7-13/h4-8,10H,9H2,1-3H3,(H,20,21). The van der Waals surface area contributed by atoms with Crippen LogP contribution in [0, 0.1) is 5.82 Å². The Kier molecular flexibility index (Phi) is 5.10. The Hall–Kier alpha value is -2.70. The summed E-state index contributed by atoms with van der Waals surface area (Å²) in [5.41, 5.74) is 0.00474. The lowest BCUT2D eigenvalue weighted by atomic mass is 10.2. The second-order valence-electron chi connectivity index (χ2n) is 5.76. The summed E-state index contributed by atoms with van der Waals surface area (Å²) in [6, 6.07) is 5.58. The molecule has 0 spiro atoms. The largest absolute Gasteiger partial charge is 0.444 e. The monoisotopic (exact) mass is 319 g/mol. The van der Waals surface area contributed by atoms with Crippen LogP contribution in [-0.4, -0.2) is 21.7 Å². The maximum Gasteiger partial charge on any atom is 0.407 e. The Morgan fingerprint density at radius 2 is 1.87 bits per heavy atom. The number of alkyl carbamates (subject to hydrolysis) is 1. The average Bonchev–Trinajstić information content (AvgIpc) is 2.47. The molecule has 0 saturated carbocycles. The minimum absolute atomic E-state index is 0.193. The topological polar surface area (TPSA) is 73.3 Å². The summed E-state index contributed by atoms with van der Waals surface area (Å²) >= 11 is 0. The molecule has 0 aliphatic heterocycles. The number of carbonyl (C=O) groups is 1. The van der Waals surface area contributed by atoms with Crippen LogP contribution in [0.1, 0.15) is 26.5 Å². The Bertz CT molecular complexity index is 652. The molecule has 0 bridgehead atoms. The second kappa shape index (κ2) is 7.04. The molecule has 1 aromatic heterocycles. The molecule has 0 unspecified atom stereocenters. The third-order valence-corrected chi connectivity index (χ3v) is 2.53. The molecular formula is C16H18FN3O3. The maximum atomic E-state index is 12.8. The summed E-state index contributed by atoms with van der Waals surface area (Å²) in [7, 11) is 0. The molecule has 2 rings (SSSR count). The molecule has 0 atom stereocenters. The van der Waals surface area contributed by atoms with E-state index in [4.69, 9.17) is 9.47 Å². The van der Waals surface area contributed by atoms with Crippen molar-refractivity contribution in [3.63, 3.8) is 0 Å². The molecule has 23 heavy (non-hydrogen) atoms. The van der Waals surface area contributed by atoms with Gasteiger partial charge in [0, 0.05) is 0 Å². The van der Waals surface area contributed by atoms with Crippen LogP contribution in [0.3, 0.4) is 0 Å². The van der Waals surface area contributed by atoms with Crippen molar-refractivity contribution < 1.29 is 18.7 Å². The zero-order valence-corrected chi connectivity index (χ0v) is 13.2. The number of nitrogens with one attached hydrogen (secondary N) is 1. The summed E-state index contributed by atoms with van der Waals surface area (Å²) in [4.78, 5) is 19.7. The number of ether oxygens (including phenoxy) is 2. The Balaban J connectivity index is 1.87. The molecule has 0 aliphatic rings. The highest BCUT2D eigenvalue weighted by atomic mass is 19.1. The van der Waals surface area contributed by atoms with Gasteiger partial charge in [-0.05, 0) is 45.0 Å². The molecule has 7 heteroatoms. The van der Waals surface area contributed by atoms with Crippen LogP contribution in [-0.2, 0) is 11.3 Å². The van der Waals surface area contributed by atoms with E-state index in [-0.39, 0.29) is 18.2 Å². The van der Waals surface area contributed by atoms with Crippen molar-refractivity contribution in [2.45, 2.75) is 32.9 Å². The fourth-order valence-electron chi connectivity index (χ4n) is 1.59. The number of aromatic nitrogens is 2. The number of hydrogen-bond acceptors (Lipinski definition) is 5. The molecule has 0 radical (unpaired) electrons. The van der Waals surface area contributed by atoms with Crippen molar-refractivity contribution in [3.8, 4) is 11.6 Å². The van der Waals surface area contributed by atoms with Crippen LogP contribution in [0.2, 0.25) is 0 Å². The first-order valence-electron chi connectivity index (χ1n) is 7.03. The van der Waals surface area contributed by atoms with Crippen LogP contribution < -0.4 is 10.1 Å². The van der Waals surface area contributed by atoms with Crippen LogP contribution in [0.5, 0.6) is 11.6 Å². The van der Waals surface area contributed by atoms with Crippen molar-refractivity contribution in [2.24, 2.45) is 0 Å². The van der Waals surface area contributed by atoms with E-state index in [0.29, 0.717) is 11.4 Å². The minimum Gasteiger partial charge on any atom is -0.444 e. The number of nitrogens with zero attached hydrogens (tertiary/aromatic N) is 2. The molecule has 1 amide bonds. The number of amides is 1. The first kappa shape index (κ1) is 16.7. The van der Waals surface area contributed by atoms with Gasteiger partial charge in [0.25, 0.3) is 0 Å². The number of hydrogen-bond donors (Lipinski definition) is 1. The lowest BCUT2D eigenvalue weighted by Gasteiger charge is -2.19. The van der Waals surface area contributed by atoms with Gasteiger partial charge >= 0.3 is 6.09 Å². The average molecular weight is 319 g/mol.